The smallest absolute Gasteiger partial charge is 0.415 e. The number of cyclic esters (lactones) is 1. The van der Waals surface area contributed by atoms with E-state index in [4.69, 9.17) is 4.74 Å². The zero-order valence-electron chi connectivity index (χ0n) is 8.31. The van der Waals surface area contributed by atoms with Gasteiger partial charge in [0.1, 0.15) is 6.10 Å². The summed E-state index contributed by atoms with van der Waals surface area (Å²) in [6, 6.07) is 9.69. The molecule has 0 aliphatic carbocycles. The largest absolute Gasteiger partial charge is 0.444 e. The number of para-hydroxylation sites is 1. The Morgan fingerprint density at radius 2 is 1.86 bits per heavy atom. The zero-order chi connectivity index (χ0) is 10.1. The lowest BCUT2D eigenvalue weighted by Crippen LogP contribution is -2.32. The summed E-state index contributed by atoms with van der Waals surface area (Å²) in [5.74, 6) is 0. The molecule has 1 aromatic carbocycles. The van der Waals surface area contributed by atoms with E-state index in [-0.39, 0.29) is 18.2 Å². The summed E-state index contributed by atoms with van der Waals surface area (Å²) in [7, 11) is 0. The van der Waals surface area contributed by atoms with Crippen molar-refractivity contribution in [3.8, 4) is 0 Å². The molecule has 1 fully saturated rings. The molecule has 1 amide bonds. The van der Waals surface area contributed by atoms with Crippen LogP contribution in [0.4, 0.5) is 10.5 Å². The molecule has 2 rings (SSSR count). The van der Waals surface area contributed by atoms with E-state index in [0.29, 0.717) is 0 Å². The Bertz CT molecular complexity index is 336. The number of hydrogen-bond donors (Lipinski definition) is 0. The van der Waals surface area contributed by atoms with E-state index in [2.05, 4.69) is 0 Å². The molecule has 2 atom stereocenters. The molecule has 0 radical (unpaired) electrons. The highest BCUT2D eigenvalue weighted by molar-refractivity contribution is 5.90. The predicted octanol–water partition coefficient (Wildman–Crippen LogP) is 2.42. The summed E-state index contributed by atoms with van der Waals surface area (Å²) in [4.78, 5) is 13.2. The molecule has 0 aromatic heterocycles. The first kappa shape index (κ1) is 9.06. The molecule has 1 heterocycles. The van der Waals surface area contributed by atoms with Gasteiger partial charge in [-0.2, -0.15) is 0 Å². The number of nitrogens with zero attached hydrogens (tertiary/aromatic N) is 1. The van der Waals surface area contributed by atoms with Crippen molar-refractivity contribution in [2.45, 2.75) is 26.0 Å². The van der Waals surface area contributed by atoms with E-state index in [9.17, 15) is 4.79 Å². The summed E-state index contributed by atoms with van der Waals surface area (Å²) < 4.78 is 5.13. The molecule has 3 nitrogen and oxygen atoms in total. The highest BCUT2D eigenvalue weighted by atomic mass is 16.6. The van der Waals surface area contributed by atoms with E-state index in [0.717, 1.165) is 5.69 Å². The summed E-state index contributed by atoms with van der Waals surface area (Å²) in [6.45, 7) is 3.90. The van der Waals surface area contributed by atoms with Crippen LogP contribution in [0.3, 0.4) is 0 Å². The fraction of sp³-hybridized carbons (Fsp3) is 0.364. The minimum absolute atomic E-state index is 0.0392. The number of amides is 1. The zero-order valence-corrected chi connectivity index (χ0v) is 8.31. The molecule has 14 heavy (non-hydrogen) atoms. The summed E-state index contributed by atoms with van der Waals surface area (Å²) in [6.07, 6.45) is -0.293. The quantitative estimate of drug-likeness (QED) is 0.682. The van der Waals surface area contributed by atoms with Crippen molar-refractivity contribution in [1.29, 1.82) is 0 Å². The van der Waals surface area contributed by atoms with Crippen LogP contribution >= 0.6 is 0 Å². The lowest BCUT2D eigenvalue weighted by atomic mass is 10.2. The number of ether oxygens (including phenoxy) is 1. The lowest BCUT2D eigenvalue weighted by Gasteiger charge is -2.18. The number of carbonyl (C=O) groups is 1. The van der Waals surface area contributed by atoms with E-state index in [1.165, 1.54) is 0 Å². The number of anilines is 1. The summed E-state index contributed by atoms with van der Waals surface area (Å²) in [5.41, 5.74) is 0.898. The van der Waals surface area contributed by atoms with Crippen LogP contribution in [-0.2, 0) is 4.74 Å². The molecule has 3 heteroatoms. The number of carbonyl (C=O) groups excluding carboxylic acids is 1. The fourth-order valence-electron chi connectivity index (χ4n) is 1.62. The minimum Gasteiger partial charge on any atom is -0.444 e. The molecular formula is C11H13NO2. The van der Waals surface area contributed by atoms with Crippen LogP contribution < -0.4 is 4.90 Å². The Morgan fingerprint density at radius 3 is 2.36 bits per heavy atom. The highest BCUT2D eigenvalue weighted by Crippen LogP contribution is 2.25. The van der Waals surface area contributed by atoms with Crippen LogP contribution in [0, 0.1) is 0 Å². The first-order valence-corrected chi connectivity index (χ1v) is 4.75. The molecule has 1 aromatic rings. The van der Waals surface area contributed by atoms with Gasteiger partial charge in [-0.25, -0.2) is 4.79 Å². The van der Waals surface area contributed by atoms with Gasteiger partial charge in [0.15, 0.2) is 0 Å². The summed E-state index contributed by atoms with van der Waals surface area (Å²) >= 11 is 0. The van der Waals surface area contributed by atoms with Crippen LogP contribution in [0.5, 0.6) is 0 Å². The van der Waals surface area contributed by atoms with Gasteiger partial charge in [-0.15, -0.1) is 0 Å². The lowest BCUT2D eigenvalue weighted by molar-refractivity contribution is 0.143. The molecular weight excluding hydrogens is 178 g/mol. The van der Waals surface area contributed by atoms with Gasteiger partial charge in [0.2, 0.25) is 0 Å². The van der Waals surface area contributed by atoms with Gasteiger partial charge in [0.05, 0.1) is 6.04 Å². The maximum atomic E-state index is 11.5. The van der Waals surface area contributed by atoms with Crippen LogP contribution in [-0.4, -0.2) is 18.2 Å². The van der Waals surface area contributed by atoms with Crippen LogP contribution in [0.15, 0.2) is 30.3 Å². The molecule has 1 saturated heterocycles. The molecule has 74 valence electrons. The van der Waals surface area contributed by atoms with Crippen molar-refractivity contribution in [3.63, 3.8) is 0 Å². The molecule has 0 saturated carbocycles. The SMILES string of the molecule is C[C@@H]1[C@@H](C)OC(=O)N1c1ccccc1. The Kier molecular flexibility index (Phi) is 2.15. The Morgan fingerprint density at radius 1 is 1.21 bits per heavy atom. The van der Waals surface area contributed by atoms with Gasteiger partial charge in [0.25, 0.3) is 0 Å². The first-order valence-electron chi connectivity index (χ1n) is 4.75. The third-order valence-corrected chi connectivity index (χ3v) is 2.60. The Hall–Kier alpha value is -1.51. The van der Waals surface area contributed by atoms with Crippen molar-refractivity contribution in [2.24, 2.45) is 0 Å². The third-order valence-electron chi connectivity index (χ3n) is 2.60. The highest BCUT2D eigenvalue weighted by Gasteiger charge is 2.36. The van der Waals surface area contributed by atoms with Crippen molar-refractivity contribution >= 4 is 11.8 Å². The monoisotopic (exact) mass is 191 g/mol. The van der Waals surface area contributed by atoms with Crippen molar-refractivity contribution in [3.05, 3.63) is 30.3 Å². The van der Waals surface area contributed by atoms with Crippen LogP contribution in [0.2, 0.25) is 0 Å². The molecule has 1 aliphatic heterocycles. The maximum Gasteiger partial charge on any atom is 0.415 e. The molecule has 0 bridgehead atoms. The van der Waals surface area contributed by atoms with E-state index in [1.54, 1.807) is 4.90 Å². The first-order chi connectivity index (χ1) is 6.70. The van der Waals surface area contributed by atoms with Crippen LogP contribution in [0.1, 0.15) is 13.8 Å². The average molecular weight is 191 g/mol. The second-order valence-electron chi connectivity index (χ2n) is 3.54. The average Bonchev–Trinajstić information content (AvgIpc) is 2.43. The predicted molar refractivity (Wildman–Crippen MR) is 54.3 cm³/mol. The molecule has 1 aliphatic rings. The molecule has 0 spiro atoms. The maximum absolute atomic E-state index is 11.5. The molecule has 0 unspecified atom stereocenters. The second-order valence-corrected chi connectivity index (χ2v) is 3.54. The van der Waals surface area contributed by atoms with Crippen molar-refractivity contribution in [1.82, 2.24) is 0 Å². The van der Waals surface area contributed by atoms with Gasteiger partial charge >= 0.3 is 6.09 Å². The number of rotatable bonds is 1. The van der Waals surface area contributed by atoms with Gasteiger partial charge in [0, 0.05) is 5.69 Å². The molecule has 0 N–H and O–H groups in total. The Labute approximate surface area is 83.3 Å². The fourth-order valence-corrected chi connectivity index (χ4v) is 1.62. The summed E-state index contributed by atoms with van der Waals surface area (Å²) in [5, 5.41) is 0. The Balaban J connectivity index is 2.31. The third kappa shape index (κ3) is 1.35. The van der Waals surface area contributed by atoms with Crippen molar-refractivity contribution < 1.29 is 9.53 Å². The topological polar surface area (TPSA) is 29.5 Å². The van der Waals surface area contributed by atoms with Gasteiger partial charge in [-0.1, -0.05) is 18.2 Å². The normalized spacial score (nSPS) is 26.4. The standard InChI is InChI=1S/C11H13NO2/c1-8-9(2)14-11(13)12(8)10-6-4-3-5-7-10/h3-9H,1-2H3/t8-,9-/m1/s1. The number of benzene rings is 1. The van der Waals surface area contributed by atoms with E-state index >= 15 is 0 Å². The van der Waals surface area contributed by atoms with E-state index < -0.39 is 0 Å². The van der Waals surface area contributed by atoms with Crippen LogP contribution in [0.25, 0.3) is 0 Å². The number of hydrogen-bond acceptors (Lipinski definition) is 2. The van der Waals surface area contributed by atoms with Gasteiger partial charge in [-0.05, 0) is 26.0 Å². The minimum atomic E-state index is -0.254. The van der Waals surface area contributed by atoms with Gasteiger partial charge in [-0.3, -0.25) is 4.90 Å². The van der Waals surface area contributed by atoms with E-state index in [1.807, 2.05) is 44.2 Å². The van der Waals surface area contributed by atoms with Gasteiger partial charge < -0.3 is 4.74 Å². The van der Waals surface area contributed by atoms with Crippen molar-refractivity contribution in [2.75, 3.05) is 4.90 Å². The second kappa shape index (κ2) is 3.33.